The molecule has 3 atom stereocenters. The highest BCUT2D eigenvalue weighted by Gasteiger charge is 2.35. The standard InChI is InChI=1S/C11H22N2O/c1-14-11-4-2-3-10(11)13-6-5-9(7-12)8-13/h9-11H,2-8,12H2,1H3. The number of hydrogen-bond acceptors (Lipinski definition) is 3. The Morgan fingerprint density at radius 1 is 1.36 bits per heavy atom. The van der Waals surface area contributed by atoms with Crippen LogP contribution in [0.5, 0.6) is 0 Å². The summed E-state index contributed by atoms with van der Waals surface area (Å²) in [6.07, 6.45) is 5.64. The van der Waals surface area contributed by atoms with Gasteiger partial charge in [0.1, 0.15) is 0 Å². The van der Waals surface area contributed by atoms with Crippen LogP contribution in [0.4, 0.5) is 0 Å². The van der Waals surface area contributed by atoms with Crippen LogP contribution in [0.15, 0.2) is 0 Å². The lowest BCUT2D eigenvalue weighted by atomic mass is 10.1. The molecule has 3 nitrogen and oxygen atoms in total. The summed E-state index contributed by atoms with van der Waals surface area (Å²) in [5.41, 5.74) is 5.70. The maximum atomic E-state index is 5.70. The third-order valence-electron chi connectivity index (χ3n) is 3.84. The highest BCUT2D eigenvalue weighted by molar-refractivity contribution is 4.90. The maximum absolute atomic E-state index is 5.70. The molecule has 0 radical (unpaired) electrons. The third kappa shape index (κ3) is 1.95. The molecule has 0 spiro atoms. The van der Waals surface area contributed by atoms with E-state index in [1.165, 1.54) is 38.8 Å². The molecule has 0 aromatic carbocycles. The summed E-state index contributed by atoms with van der Waals surface area (Å²) in [7, 11) is 1.85. The topological polar surface area (TPSA) is 38.5 Å². The molecule has 0 aromatic heterocycles. The van der Waals surface area contributed by atoms with Gasteiger partial charge in [0, 0.05) is 19.7 Å². The number of likely N-dealkylation sites (tertiary alicyclic amines) is 1. The van der Waals surface area contributed by atoms with E-state index < -0.39 is 0 Å². The van der Waals surface area contributed by atoms with Gasteiger partial charge in [-0.1, -0.05) is 0 Å². The molecular weight excluding hydrogens is 176 g/mol. The van der Waals surface area contributed by atoms with Crippen molar-refractivity contribution in [3.63, 3.8) is 0 Å². The molecule has 1 saturated carbocycles. The van der Waals surface area contributed by atoms with E-state index in [4.69, 9.17) is 10.5 Å². The zero-order valence-corrected chi connectivity index (χ0v) is 9.11. The Bertz CT molecular complexity index is 186. The lowest BCUT2D eigenvalue weighted by Crippen LogP contribution is -2.40. The van der Waals surface area contributed by atoms with E-state index in [1.807, 2.05) is 7.11 Å². The summed E-state index contributed by atoms with van der Waals surface area (Å²) in [6, 6.07) is 0.677. The Balaban J connectivity index is 1.89. The molecule has 14 heavy (non-hydrogen) atoms. The van der Waals surface area contributed by atoms with Crippen LogP contribution in [-0.4, -0.2) is 43.8 Å². The largest absolute Gasteiger partial charge is 0.380 e. The molecule has 82 valence electrons. The van der Waals surface area contributed by atoms with Gasteiger partial charge in [-0.25, -0.2) is 0 Å². The molecule has 3 unspecified atom stereocenters. The molecule has 2 fully saturated rings. The van der Waals surface area contributed by atoms with E-state index in [-0.39, 0.29) is 0 Å². The van der Waals surface area contributed by atoms with Gasteiger partial charge in [-0.05, 0) is 44.7 Å². The van der Waals surface area contributed by atoms with Crippen LogP contribution < -0.4 is 5.73 Å². The van der Waals surface area contributed by atoms with Gasteiger partial charge in [0.05, 0.1) is 6.10 Å². The van der Waals surface area contributed by atoms with Crippen LogP contribution in [0.25, 0.3) is 0 Å². The molecule has 0 aromatic rings. The van der Waals surface area contributed by atoms with Gasteiger partial charge >= 0.3 is 0 Å². The predicted molar refractivity (Wildman–Crippen MR) is 57.2 cm³/mol. The van der Waals surface area contributed by atoms with Crippen LogP contribution >= 0.6 is 0 Å². The van der Waals surface area contributed by atoms with Gasteiger partial charge in [-0.15, -0.1) is 0 Å². The number of hydrogen-bond donors (Lipinski definition) is 1. The highest BCUT2D eigenvalue weighted by atomic mass is 16.5. The minimum Gasteiger partial charge on any atom is -0.380 e. The molecule has 1 saturated heterocycles. The molecule has 2 rings (SSSR count). The Morgan fingerprint density at radius 3 is 2.86 bits per heavy atom. The maximum Gasteiger partial charge on any atom is 0.0726 e. The van der Waals surface area contributed by atoms with Crippen LogP contribution in [0.1, 0.15) is 25.7 Å². The Kier molecular flexibility index (Phi) is 3.42. The Morgan fingerprint density at radius 2 is 2.21 bits per heavy atom. The second kappa shape index (κ2) is 4.60. The third-order valence-corrected chi connectivity index (χ3v) is 3.84. The number of nitrogens with two attached hydrogens (primary N) is 1. The fourth-order valence-electron chi connectivity index (χ4n) is 2.96. The van der Waals surface area contributed by atoms with Gasteiger partial charge < -0.3 is 10.5 Å². The van der Waals surface area contributed by atoms with Gasteiger partial charge in [0.25, 0.3) is 0 Å². The summed E-state index contributed by atoms with van der Waals surface area (Å²) in [4.78, 5) is 2.60. The van der Waals surface area contributed by atoms with Crippen molar-refractivity contribution in [3.8, 4) is 0 Å². The van der Waals surface area contributed by atoms with Crippen LogP contribution in [0, 0.1) is 5.92 Å². The average molecular weight is 198 g/mol. The van der Waals surface area contributed by atoms with E-state index in [9.17, 15) is 0 Å². The molecular formula is C11H22N2O. The normalized spacial score (nSPS) is 39.4. The van der Waals surface area contributed by atoms with Crippen molar-refractivity contribution < 1.29 is 4.74 Å². The Hall–Kier alpha value is -0.120. The van der Waals surface area contributed by atoms with E-state index >= 15 is 0 Å². The molecule has 1 heterocycles. The van der Waals surface area contributed by atoms with Crippen LogP contribution in [0.3, 0.4) is 0 Å². The first-order valence-corrected chi connectivity index (χ1v) is 5.82. The monoisotopic (exact) mass is 198 g/mol. The number of methoxy groups -OCH3 is 1. The zero-order valence-electron chi connectivity index (χ0n) is 9.11. The van der Waals surface area contributed by atoms with Crippen molar-refractivity contribution in [3.05, 3.63) is 0 Å². The summed E-state index contributed by atoms with van der Waals surface area (Å²) in [5.74, 6) is 0.730. The first kappa shape index (κ1) is 10.4. The number of nitrogens with zero attached hydrogens (tertiary/aromatic N) is 1. The van der Waals surface area contributed by atoms with Gasteiger partial charge in [-0.2, -0.15) is 0 Å². The summed E-state index contributed by atoms with van der Waals surface area (Å²) < 4.78 is 5.53. The summed E-state index contributed by atoms with van der Waals surface area (Å²) in [6.45, 7) is 3.27. The molecule has 0 amide bonds. The Labute approximate surface area is 86.6 Å². The molecule has 2 aliphatic rings. The van der Waals surface area contributed by atoms with Gasteiger partial charge in [0.2, 0.25) is 0 Å². The van der Waals surface area contributed by atoms with Gasteiger partial charge in [-0.3, -0.25) is 4.90 Å². The van der Waals surface area contributed by atoms with Crippen LogP contribution in [-0.2, 0) is 4.74 Å². The van der Waals surface area contributed by atoms with Crippen LogP contribution in [0.2, 0.25) is 0 Å². The highest BCUT2D eigenvalue weighted by Crippen LogP contribution is 2.30. The number of ether oxygens (including phenoxy) is 1. The van der Waals surface area contributed by atoms with Crippen molar-refractivity contribution >= 4 is 0 Å². The van der Waals surface area contributed by atoms with E-state index in [0.717, 1.165) is 12.5 Å². The lowest BCUT2D eigenvalue weighted by molar-refractivity contribution is 0.0410. The van der Waals surface area contributed by atoms with E-state index in [0.29, 0.717) is 12.1 Å². The summed E-state index contributed by atoms with van der Waals surface area (Å²) in [5, 5.41) is 0. The smallest absolute Gasteiger partial charge is 0.0726 e. The van der Waals surface area contributed by atoms with Crippen molar-refractivity contribution in [2.45, 2.75) is 37.8 Å². The fourth-order valence-corrected chi connectivity index (χ4v) is 2.96. The first-order chi connectivity index (χ1) is 6.85. The summed E-state index contributed by atoms with van der Waals surface area (Å²) >= 11 is 0. The van der Waals surface area contributed by atoms with E-state index in [1.54, 1.807) is 0 Å². The van der Waals surface area contributed by atoms with Gasteiger partial charge in [0.15, 0.2) is 0 Å². The minimum absolute atomic E-state index is 0.478. The van der Waals surface area contributed by atoms with Crippen molar-refractivity contribution in [1.29, 1.82) is 0 Å². The average Bonchev–Trinajstić information content (AvgIpc) is 2.85. The SMILES string of the molecule is COC1CCCC1N1CCC(CN)C1. The molecule has 1 aliphatic carbocycles. The fraction of sp³-hybridized carbons (Fsp3) is 1.00. The molecule has 3 heteroatoms. The predicted octanol–water partition coefficient (Wildman–Crippen LogP) is 0.834. The van der Waals surface area contributed by atoms with Crippen molar-refractivity contribution in [1.82, 2.24) is 4.90 Å². The zero-order chi connectivity index (χ0) is 9.97. The lowest BCUT2D eigenvalue weighted by Gasteiger charge is -2.28. The molecule has 2 N–H and O–H groups in total. The second-order valence-electron chi connectivity index (χ2n) is 4.66. The first-order valence-electron chi connectivity index (χ1n) is 5.82. The van der Waals surface area contributed by atoms with Crippen molar-refractivity contribution in [2.24, 2.45) is 11.7 Å². The quantitative estimate of drug-likeness (QED) is 0.730. The van der Waals surface area contributed by atoms with E-state index in [2.05, 4.69) is 4.90 Å². The number of rotatable bonds is 3. The van der Waals surface area contributed by atoms with Crippen molar-refractivity contribution in [2.75, 3.05) is 26.7 Å². The molecule has 0 bridgehead atoms. The molecule has 1 aliphatic heterocycles. The second-order valence-corrected chi connectivity index (χ2v) is 4.66. The minimum atomic E-state index is 0.478.